The van der Waals surface area contributed by atoms with Crippen molar-refractivity contribution in [1.82, 2.24) is 19.4 Å². The zero-order valence-electron chi connectivity index (χ0n) is 22.5. The van der Waals surface area contributed by atoms with E-state index in [0.717, 1.165) is 17.0 Å². The summed E-state index contributed by atoms with van der Waals surface area (Å²) in [6.45, 7) is 7.55. The van der Waals surface area contributed by atoms with Crippen molar-refractivity contribution in [2.75, 3.05) is 43.5 Å². The number of pyridine rings is 1. The fourth-order valence-electron chi connectivity index (χ4n) is 4.43. The number of methoxy groups -OCH3 is 1. The van der Waals surface area contributed by atoms with Crippen LogP contribution in [0.15, 0.2) is 42.2 Å². The van der Waals surface area contributed by atoms with Gasteiger partial charge in [-0.1, -0.05) is 0 Å². The van der Waals surface area contributed by atoms with Gasteiger partial charge in [-0.05, 0) is 39.0 Å². The van der Waals surface area contributed by atoms with E-state index in [9.17, 15) is 19.1 Å². The van der Waals surface area contributed by atoms with Gasteiger partial charge in [0.05, 0.1) is 30.1 Å². The van der Waals surface area contributed by atoms with Gasteiger partial charge in [0, 0.05) is 49.3 Å². The number of hydrogen-bond donors (Lipinski definition) is 2. The number of rotatable bonds is 5. The van der Waals surface area contributed by atoms with E-state index in [-0.39, 0.29) is 33.9 Å². The van der Waals surface area contributed by atoms with E-state index in [1.807, 2.05) is 20.8 Å². The van der Waals surface area contributed by atoms with E-state index < -0.39 is 17.3 Å². The molecule has 2 N–H and O–H groups in total. The summed E-state index contributed by atoms with van der Waals surface area (Å²) in [5.41, 5.74) is 0.699. The predicted molar refractivity (Wildman–Crippen MR) is 149 cm³/mol. The lowest BCUT2D eigenvalue weighted by Gasteiger charge is -2.37. The van der Waals surface area contributed by atoms with Crippen LogP contribution in [0.5, 0.6) is 11.6 Å². The van der Waals surface area contributed by atoms with Crippen LogP contribution in [-0.2, 0) is 4.74 Å². The van der Waals surface area contributed by atoms with Gasteiger partial charge in [0.2, 0.25) is 5.88 Å². The summed E-state index contributed by atoms with van der Waals surface area (Å²) < 4.78 is 26.5. The maximum atomic E-state index is 14.7. The highest BCUT2D eigenvalue weighted by Gasteiger charge is 2.27. The number of hydrogen-bond acceptors (Lipinski definition) is 9. The number of anilines is 2. The standard InChI is InChI=1S/C27H29FN6O5S/c1-27(2,3)39-26(37)33-11-9-32(10-12-33)18-7-8-29-13-17(18)30-23(35)24-31-20(15-40-24)34-14-16-5-6-19(38-4)22(28)21(16)25(34)36/h5-8,13-15,36H,9-12H2,1-4H3,(H,30,35). The van der Waals surface area contributed by atoms with E-state index >= 15 is 0 Å². The van der Waals surface area contributed by atoms with E-state index in [2.05, 4.69) is 20.2 Å². The number of piperazine rings is 1. The Morgan fingerprint density at radius 2 is 1.90 bits per heavy atom. The van der Waals surface area contributed by atoms with Crippen LogP contribution < -0.4 is 15.0 Å². The summed E-state index contributed by atoms with van der Waals surface area (Å²) in [7, 11) is 1.35. The Kier molecular flexibility index (Phi) is 7.23. The molecule has 0 saturated carbocycles. The van der Waals surface area contributed by atoms with Gasteiger partial charge in [0.1, 0.15) is 5.60 Å². The highest BCUT2D eigenvalue weighted by molar-refractivity contribution is 7.12. The maximum absolute atomic E-state index is 14.7. The number of halogens is 1. The van der Waals surface area contributed by atoms with Crippen LogP contribution in [0.3, 0.4) is 0 Å². The number of carbonyl (C=O) groups excluding carboxylic acids is 2. The van der Waals surface area contributed by atoms with Crippen molar-refractivity contribution in [2.45, 2.75) is 26.4 Å². The minimum absolute atomic E-state index is 0.00474. The first-order valence-electron chi connectivity index (χ1n) is 12.6. The van der Waals surface area contributed by atoms with Gasteiger partial charge in [0.15, 0.2) is 22.4 Å². The van der Waals surface area contributed by atoms with Crippen molar-refractivity contribution in [1.29, 1.82) is 0 Å². The molecule has 40 heavy (non-hydrogen) atoms. The van der Waals surface area contributed by atoms with Crippen molar-refractivity contribution in [2.24, 2.45) is 0 Å². The second kappa shape index (κ2) is 10.6. The van der Waals surface area contributed by atoms with E-state index in [1.165, 1.54) is 17.7 Å². The number of ether oxygens (including phenoxy) is 2. The quantitative estimate of drug-likeness (QED) is 0.357. The van der Waals surface area contributed by atoms with Crippen molar-refractivity contribution < 1.29 is 28.6 Å². The first kappa shape index (κ1) is 27.2. The largest absolute Gasteiger partial charge is 0.494 e. The van der Waals surface area contributed by atoms with Crippen molar-refractivity contribution in [3.63, 3.8) is 0 Å². The van der Waals surface area contributed by atoms with Gasteiger partial charge in [-0.15, -0.1) is 11.3 Å². The first-order chi connectivity index (χ1) is 19.1. The molecule has 0 radical (unpaired) electrons. The molecule has 0 atom stereocenters. The van der Waals surface area contributed by atoms with E-state index in [4.69, 9.17) is 9.47 Å². The average Bonchev–Trinajstić information content (AvgIpc) is 3.54. The lowest BCUT2D eigenvalue weighted by Crippen LogP contribution is -2.50. The third-order valence-corrected chi connectivity index (χ3v) is 7.16. The second-order valence-corrected chi connectivity index (χ2v) is 11.0. The molecular weight excluding hydrogens is 539 g/mol. The van der Waals surface area contributed by atoms with Crippen LogP contribution >= 0.6 is 11.3 Å². The highest BCUT2D eigenvalue weighted by atomic mass is 32.1. The summed E-state index contributed by atoms with van der Waals surface area (Å²) in [5, 5.41) is 15.8. The summed E-state index contributed by atoms with van der Waals surface area (Å²) >= 11 is 1.09. The molecule has 11 nitrogen and oxygen atoms in total. The molecule has 1 saturated heterocycles. The summed E-state index contributed by atoms with van der Waals surface area (Å²) in [4.78, 5) is 37.8. The Morgan fingerprint density at radius 3 is 2.60 bits per heavy atom. The van der Waals surface area contributed by atoms with Gasteiger partial charge >= 0.3 is 6.09 Å². The molecule has 1 aromatic carbocycles. The van der Waals surface area contributed by atoms with Crippen molar-refractivity contribution in [3.8, 4) is 17.4 Å². The number of aromatic hydroxyl groups is 1. The summed E-state index contributed by atoms with van der Waals surface area (Å²) in [5.74, 6) is -1.20. The van der Waals surface area contributed by atoms with Gasteiger partial charge in [0.25, 0.3) is 5.91 Å². The van der Waals surface area contributed by atoms with Gasteiger partial charge in [-0.2, -0.15) is 0 Å². The Labute approximate surface area is 233 Å². The topological polar surface area (TPSA) is 122 Å². The molecule has 13 heteroatoms. The molecule has 0 spiro atoms. The third-order valence-electron chi connectivity index (χ3n) is 6.33. The maximum Gasteiger partial charge on any atom is 0.410 e. The summed E-state index contributed by atoms with van der Waals surface area (Å²) in [6, 6.07) is 4.91. The molecule has 0 bridgehead atoms. The fraction of sp³-hybridized carbons (Fsp3) is 0.333. The second-order valence-electron chi connectivity index (χ2n) is 10.2. The molecule has 1 fully saturated rings. The molecule has 0 aliphatic carbocycles. The number of carbonyl (C=O) groups is 2. The number of nitrogens with zero attached hydrogens (tertiary/aromatic N) is 5. The van der Waals surface area contributed by atoms with Crippen LogP contribution in [0.4, 0.5) is 20.6 Å². The molecule has 5 rings (SSSR count). The minimum Gasteiger partial charge on any atom is -0.494 e. The van der Waals surface area contributed by atoms with Crippen molar-refractivity contribution >= 4 is 45.5 Å². The normalized spacial score (nSPS) is 13.9. The lowest BCUT2D eigenvalue weighted by molar-refractivity contribution is 0.0240. The van der Waals surface area contributed by atoms with Gasteiger partial charge in [-0.25, -0.2) is 14.2 Å². The number of nitrogens with one attached hydrogen (secondary N) is 1. The zero-order chi connectivity index (χ0) is 28.6. The van der Waals surface area contributed by atoms with Crippen molar-refractivity contribution in [3.05, 3.63) is 53.0 Å². The number of thiazole rings is 1. The monoisotopic (exact) mass is 568 g/mol. The number of amides is 2. The first-order valence-corrected chi connectivity index (χ1v) is 13.4. The summed E-state index contributed by atoms with van der Waals surface area (Å²) in [6.07, 6.45) is 4.39. The fourth-order valence-corrected chi connectivity index (χ4v) is 5.12. The SMILES string of the molecule is COc1ccc2cn(-c3csc(C(=O)Nc4cnccc4N4CCN(C(=O)OC(C)(C)C)CC4)n3)c(O)c2c1F. The molecule has 1 aliphatic heterocycles. The molecule has 1 aliphatic rings. The number of aromatic nitrogens is 3. The minimum atomic E-state index is -0.680. The van der Waals surface area contributed by atoms with Crippen LogP contribution in [0, 0.1) is 5.82 Å². The van der Waals surface area contributed by atoms with Gasteiger partial charge in [-0.3, -0.25) is 14.3 Å². The number of fused-ring (bicyclic) bond motifs is 1. The molecular formula is C27H29FN6O5S. The molecule has 2 amide bonds. The molecule has 4 heterocycles. The number of benzene rings is 1. The zero-order valence-corrected chi connectivity index (χ0v) is 23.3. The Balaban J connectivity index is 1.30. The average molecular weight is 569 g/mol. The lowest BCUT2D eigenvalue weighted by atomic mass is 10.2. The Bertz CT molecular complexity index is 1570. The third kappa shape index (κ3) is 5.37. The van der Waals surface area contributed by atoms with Crippen LogP contribution in [0.1, 0.15) is 30.6 Å². The molecule has 3 aromatic heterocycles. The molecule has 210 valence electrons. The predicted octanol–water partition coefficient (Wildman–Crippen LogP) is 4.64. The van der Waals surface area contributed by atoms with Crippen LogP contribution in [0.25, 0.3) is 16.6 Å². The Hall–Kier alpha value is -4.39. The van der Waals surface area contributed by atoms with E-state index in [1.54, 1.807) is 41.0 Å². The molecule has 0 unspecified atom stereocenters. The van der Waals surface area contributed by atoms with E-state index in [0.29, 0.717) is 37.3 Å². The highest BCUT2D eigenvalue weighted by Crippen LogP contribution is 2.36. The Morgan fingerprint density at radius 1 is 1.15 bits per heavy atom. The van der Waals surface area contributed by atoms with Crippen LogP contribution in [0.2, 0.25) is 0 Å². The van der Waals surface area contributed by atoms with Crippen LogP contribution in [-0.4, -0.2) is 75.4 Å². The smallest absolute Gasteiger partial charge is 0.410 e. The molecule has 4 aromatic rings. The van der Waals surface area contributed by atoms with Gasteiger partial charge < -0.3 is 29.7 Å².